The summed E-state index contributed by atoms with van der Waals surface area (Å²) in [5.41, 5.74) is 1.44. The van der Waals surface area contributed by atoms with Crippen LogP contribution in [-0.4, -0.2) is 48.4 Å². The molecule has 1 fully saturated rings. The van der Waals surface area contributed by atoms with Gasteiger partial charge in [-0.25, -0.2) is 8.78 Å². The molecule has 34 heavy (non-hydrogen) atoms. The van der Waals surface area contributed by atoms with Crippen LogP contribution >= 0.6 is 27.5 Å². The van der Waals surface area contributed by atoms with Gasteiger partial charge in [0.1, 0.15) is 11.6 Å². The highest BCUT2D eigenvalue weighted by atomic mass is 79.9. The summed E-state index contributed by atoms with van der Waals surface area (Å²) in [6.45, 7) is 2.85. The summed E-state index contributed by atoms with van der Waals surface area (Å²) < 4.78 is 35.2. The number of carbonyl (C=O) groups excluding carboxylic acids is 1. The monoisotopic (exact) mass is 548 g/mol. The average Bonchev–Trinajstić information content (AvgIpc) is 2.84. The lowest BCUT2D eigenvalue weighted by Gasteiger charge is -2.36. The van der Waals surface area contributed by atoms with E-state index in [2.05, 4.69) is 20.8 Å². The van der Waals surface area contributed by atoms with E-state index in [1.807, 2.05) is 41.3 Å². The Kier molecular flexibility index (Phi) is 8.32. The van der Waals surface area contributed by atoms with Crippen LogP contribution in [0.15, 0.2) is 71.2 Å². The van der Waals surface area contributed by atoms with Crippen molar-refractivity contribution in [3.8, 4) is 0 Å². The predicted molar refractivity (Wildman–Crippen MR) is 132 cm³/mol. The van der Waals surface area contributed by atoms with Crippen LogP contribution in [0.3, 0.4) is 0 Å². The van der Waals surface area contributed by atoms with Gasteiger partial charge in [-0.15, -0.1) is 0 Å². The second kappa shape index (κ2) is 11.4. The van der Waals surface area contributed by atoms with Crippen molar-refractivity contribution in [1.82, 2.24) is 9.80 Å². The molecule has 1 saturated heterocycles. The minimum Gasteiger partial charge on any atom is -0.367 e. The number of ether oxygens (including phenoxy) is 1. The Morgan fingerprint density at radius 2 is 1.56 bits per heavy atom. The van der Waals surface area contributed by atoms with Gasteiger partial charge >= 0.3 is 0 Å². The third kappa shape index (κ3) is 6.21. The first-order valence-electron chi connectivity index (χ1n) is 11.0. The van der Waals surface area contributed by atoms with E-state index in [1.165, 1.54) is 18.2 Å². The number of halogens is 4. The SMILES string of the molecule is O=C(c1ccc(Br)cc1)N1CCN(C[C@@H](OCc2c(F)cccc2F)c2ccc(Cl)cc2)CC1. The first-order valence-corrected chi connectivity index (χ1v) is 12.1. The van der Waals surface area contributed by atoms with E-state index in [1.54, 1.807) is 12.1 Å². The van der Waals surface area contributed by atoms with Crippen molar-refractivity contribution >= 4 is 33.4 Å². The Bertz CT molecular complexity index is 1100. The molecule has 4 nitrogen and oxygen atoms in total. The molecule has 1 atom stereocenters. The maximum absolute atomic E-state index is 14.1. The van der Waals surface area contributed by atoms with Crippen LogP contribution in [0.1, 0.15) is 27.6 Å². The van der Waals surface area contributed by atoms with Gasteiger partial charge in [0.25, 0.3) is 5.91 Å². The first kappa shape index (κ1) is 24.8. The number of nitrogens with zero attached hydrogens (tertiary/aromatic N) is 2. The smallest absolute Gasteiger partial charge is 0.253 e. The van der Waals surface area contributed by atoms with Crippen LogP contribution < -0.4 is 0 Å². The molecule has 0 unspecified atom stereocenters. The van der Waals surface area contributed by atoms with E-state index in [0.717, 1.165) is 10.0 Å². The molecule has 8 heteroatoms. The molecule has 1 heterocycles. The molecule has 0 saturated carbocycles. The van der Waals surface area contributed by atoms with Crippen LogP contribution in [-0.2, 0) is 11.3 Å². The van der Waals surface area contributed by atoms with E-state index in [-0.39, 0.29) is 18.1 Å². The molecule has 3 aromatic carbocycles. The van der Waals surface area contributed by atoms with E-state index in [4.69, 9.17) is 16.3 Å². The van der Waals surface area contributed by atoms with Crippen molar-refractivity contribution in [2.24, 2.45) is 0 Å². The highest BCUT2D eigenvalue weighted by Crippen LogP contribution is 2.25. The summed E-state index contributed by atoms with van der Waals surface area (Å²) >= 11 is 9.42. The summed E-state index contributed by atoms with van der Waals surface area (Å²) in [6.07, 6.45) is -0.412. The zero-order valence-corrected chi connectivity index (χ0v) is 20.7. The van der Waals surface area contributed by atoms with Crippen LogP contribution in [0, 0.1) is 11.6 Å². The van der Waals surface area contributed by atoms with Gasteiger partial charge in [0.2, 0.25) is 0 Å². The molecule has 1 amide bonds. The van der Waals surface area contributed by atoms with Crippen molar-refractivity contribution in [1.29, 1.82) is 0 Å². The highest BCUT2D eigenvalue weighted by molar-refractivity contribution is 9.10. The molecule has 0 aliphatic carbocycles. The Morgan fingerprint density at radius 3 is 2.18 bits per heavy atom. The summed E-state index contributed by atoms with van der Waals surface area (Å²) in [6, 6.07) is 18.4. The standard InChI is InChI=1S/C26H24BrClF2N2O2/c27-20-8-4-19(5-9-20)26(33)32-14-12-31(13-15-32)16-25(18-6-10-21(28)11-7-18)34-17-22-23(29)2-1-3-24(22)30/h1-11,25H,12-17H2/t25-/m1/s1. The molecule has 4 rings (SSSR count). The molecule has 0 aromatic heterocycles. The number of hydrogen-bond donors (Lipinski definition) is 0. The van der Waals surface area contributed by atoms with Crippen LogP contribution in [0.5, 0.6) is 0 Å². The molecule has 3 aromatic rings. The van der Waals surface area contributed by atoms with Crippen molar-refractivity contribution in [3.63, 3.8) is 0 Å². The summed E-state index contributed by atoms with van der Waals surface area (Å²) in [5.74, 6) is -1.25. The minimum atomic E-state index is -0.630. The molecule has 0 N–H and O–H groups in total. The number of carbonyl (C=O) groups is 1. The number of rotatable bonds is 7. The van der Waals surface area contributed by atoms with Gasteiger partial charge in [-0.3, -0.25) is 9.69 Å². The van der Waals surface area contributed by atoms with Gasteiger partial charge in [0.15, 0.2) is 0 Å². The summed E-state index contributed by atoms with van der Waals surface area (Å²) in [5, 5.41) is 0.600. The van der Waals surface area contributed by atoms with Gasteiger partial charge < -0.3 is 9.64 Å². The second-order valence-electron chi connectivity index (χ2n) is 8.15. The van der Waals surface area contributed by atoms with Gasteiger partial charge in [-0.2, -0.15) is 0 Å². The lowest BCUT2D eigenvalue weighted by Crippen LogP contribution is -2.49. The van der Waals surface area contributed by atoms with Crippen LogP contribution in [0.4, 0.5) is 8.78 Å². The molecule has 1 aliphatic heterocycles. The zero-order chi connectivity index (χ0) is 24.1. The Morgan fingerprint density at radius 1 is 0.941 bits per heavy atom. The number of hydrogen-bond acceptors (Lipinski definition) is 3. The fourth-order valence-electron chi connectivity index (χ4n) is 3.93. The maximum atomic E-state index is 14.1. The van der Waals surface area contributed by atoms with E-state index < -0.39 is 17.7 Å². The van der Waals surface area contributed by atoms with E-state index in [9.17, 15) is 13.6 Å². The van der Waals surface area contributed by atoms with Crippen molar-refractivity contribution < 1.29 is 18.3 Å². The average molecular weight is 550 g/mol. The maximum Gasteiger partial charge on any atom is 0.253 e. The van der Waals surface area contributed by atoms with Crippen LogP contribution in [0.25, 0.3) is 0 Å². The zero-order valence-electron chi connectivity index (χ0n) is 18.4. The van der Waals surface area contributed by atoms with Crippen molar-refractivity contribution in [2.75, 3.05) is 32.7 Å². The molecule has 178 valence electrons. The quantitative estimate of drug-likeness (QED) is 0.357. The number of benzene rings is 3. The second-order valence-corrected chi connectivity index (χ2v) is 9.50. The van der Waals surface area contributed by atoms with Crippen LogP contribution in [0.2, 0.25) is 5.02 Å². The van der Waals surface area contributed by atoms with E-state index in [0.29, 0.717) is 43.3 Å². The highest BCUT2D eigenvalue weighted by Gasteiger charge is 2.25. The topological polar surface area (TPSA) is 32.8 Å². The normalized spacial score (nSPS) is 15.4. The summed E-state index contributed by atoms with van der Waals surface area (Å²) in [4.78, 5) is 16.8. The Labute approximate surface area is 211 Å². The third-order valence-corrected chi connectivity index (χ3v) is 6.69. The molecular formula is C26H24BrClF2N2O2. The van der Waals surface area contributed by atoms with Gasteiger partial charge in [-0.1, -0.05) is 45.7 Å². The van der Waals surface area contributed by atoms with Crippen molar-refractivity contribution in [3.05, 3.63) is 105 Å². The first-order chi connectivity index (χ1) is 16.4. The third-order valence-electron chi connectivity index (χ3n) is 5.91. The van der Waals surface area contributed by atoms with Crippen molar-refractivity contribution in [2.45, 2.75) is 12.7 Å². The van der Waals surface area contributed by atoms with E-state index >= 15 is 0 Å². The molecule has 0 radical (unpaired) electrons. The number of amides is 1. The van der Waals surface area contributed by atoms with Gasteiger partial charge in [-0.05, 0) is 54.1 Å². The fourth-order valence-corrected chi connectivity index (χ4v) is 4.32. The Hall–Kier alpha value is -2.32. The van der Waals surface area contributed by atoms with Gasteiger partial charge in [0.05, 0.1) is 12.7 Å². The minimum absolute atomic E-state index is 0.00711. The number of piperazine rings is 1. The largest absolute Gasteiger partial charge is 0.367 e. The molecule has 0 spiro atoms. The lowest BCUT2D eigenvalue weighted by atomic mass is 10.1. The van der Waals surface area contributed by atoms with Gasteiger partial charge in [0, 0.05) is 53.3 Å². The summed E-state index contributed by atoms with van der Waals surface area (Å²) in [7, 11) is 0. The molecule has 0 bridgehead atoms. The Balaban J connectivity index is 1.41. The predicted octanol–water partition coefficient (Wildman–Crippen LogP) is 6.10. The molecule has 1 aliphatic rings. The molecular weight excluding hydrogens is 526 g/mol. The lowest BCUT2D eigenvalue weighted by molar-refractivity contribution is 0.00145. The fraction of sp³-hybridized carbons (Fsp3) is 0.269.